The molecule has 9 heteroatoms. The van der Waals surface area contributed by atoms with Gasteiger partial charge in [0.15, 0.2) is 0 Å². The minimum atomic E-state index is -0.445. The maximum absolute atomic E-state index is 14.8. The van der Waals surface area contributed by atoms with Gasteiger partial charge in [-0.2, -0.15) is 4.98 Å². The standard InChI is InChI=1S/C24H23FN6O2/c1-13-8-20(29-24(28-13)30-11-14-9-15(30)10-27-14)31-12-17-16(23(31)32)6-7-26-22(17)21-18(25)4-3-5-19(21)33-2/h3-8,14-15,27H,9-12H2,1-2H3/t14-,15-/m0/s1. The Hall–Kier alpha value is -3.59. The molecule has 0 saturated carbocycles. The van der Waals surface area contributed by atoms with Gasteiger partial charge in [0.25, 0.3) is 5.91 Å². The Bertz CT molecular complexity index is 1280. The van der Waals surface area contributed by atoms with E-state index in [9.17, 15) is 9.18 Å². The van der Waals surface area contributed by atoms with Gasteiger partial charge in [-0.15, -0.1) is 0 Å². The number of hydrogen-bond donors (Lipinski definition) is 1. The number of halogens is 1. The van der Waals surface area contributed by atoms with Crippen LogP contribution in [0, 0.1) is 12.7 Å². The molecule has 2 aromatic heterocycles. The second-order valence-electron chi connectivity index (χ2n) is 8.71. The first-order valence-corrected chi connectivity index (χ1v) is 11.0. The summed E-state index contributed by atoms with van der Waals surface area (Å²) >= 11 is 0. The third kappa shape index (κ3) is 3.14. The van der Waals surface area contributed by atoms with Gasteiger partial charge in [0, 0.05) is 54.3 Å². The number of rotatable bonds is 4. The fourth-order valence-corrected chi connectivity index (χ4v) is 5.14. The summed E-state index contributed by atoms with van der Waals surface area (Å²) in [4.78, 5) is 31.1. The molecule has 0 spiro atoms. The van der Waals surface area contributed by atoms with Gasteiger partial charge in [-0.1, -0.05) is 6.07 Å². The van der Waals surface area contributed by atoms with Crippen molar-refractivity contribution in [2.45, 2.75) is 32.0 Å². The van der Waals surface area contributed by atoms with Crippen LogP contribution in [0.5, 0.6) is 5.75 Å². The molecule has 168 valence electrons. The number of fused-ring (bicyclic) bond motifs is 3. The second kappa shape index (κ2) is 7.48. The highest BCUT2D eigenvalue weighted by Gasteiger charge is 2.40. The van der Waals surface area contributed by atoms with Gasteiger partial charge in [-0.25, -0.2) is 9.37 Å². The quantitative estimate of drug-likeness (QED) is 0.660. The van der Waals surface area contributed by atoms with E-state index in [0.717, 1.165) is 25.2 Å². The molecule has 1 N–H and O–H groups in total. The number of methoxy groups -OCH3 is 1. The molecular formula is C24H23FN6O2. The minimum Gasteiger partial charge on any atom is -0.496 e. The summed E-state index contributed by atoms with van der Waals surface area (Å²) < 4.78 is 20.2. The highest BCUT2D eigenvalue weighted by Crippen LogP contribution is 2.39. The number of nitrogens with zero attached hydrogens (tertiary/aromatic N) is 5. The Morgan fingerprint density at radius 3 is 2.88 bits per heavy atom. The summed E-state index contributed by atoms with van der Waals surface area (Å²) in [5, 5.41) is 3.49. The van der Waals surface area contributed by atoms with E-state index in [4.69, 9.17) is 9.72 Å². The van der Waals surface area contributed by atoms with Crippen molar-refractivity contribution in [2.24, 2.45) is 0 Å². The summed E-state index contributed by atoms with van der Waals surface area (Å²) in [6.07, 6.45) is 2.62. The molecule has 2 atom stereocenters. The van der Waals surface area contributed by atoms with Crippen LogP contribution in [0.1, 0.15) is 28.0 Å². The third-order valence-electron chi connectivity index (χ3n) is 6.70. The molecule has 8 nitrogen and oxygen atoms in total. The lowest BCUT2D eigenvalue weighted by Crippen LogP contribution is -2.44. The van der Waals surface area contributed by atoms with Crippen LogP contribution >= 0.6 is 0 Å². The summed E-state index contributed by atoms with van der Waals surface area (Å²) in [5.41, 5.74) is 2.61. The summed E-state index contributed by atoms with van der Waals surface area (Å²) in [6.45, 7) is 3.94. The SMILES string of the molecule is COc1cccc(F)c1-c1nccc2c1CN(c1cc(C)nc(N3C[C@@H]4C[C@H]3CN4)n1)C2=O. The molecule has 2 fully saturated rings. The lowest BCUT2D eigenvalue weighted by atomic mass is 10.0. The number of pyridine rings is 1. The number of anilines is 2. The van der Waals surface area contributed by atoms with E-state index in [1.165, 1.54) is 19.4 Å². The minimum absolute atomic E-state index is 0.183. The molecule has 2 bridgehead atoms. The van der Waals surface area contributed by atoms with Gasteiger partial charge < -0.3 is 15.0 Å². The van der Waals surface area contributed by atoms with Gasteiger partial charge in [-0.05, 0) is 31.5 Å². The van der Waals surface area contributed by atoms with Crippen LogP contribution < -0.4 is 19.9 Å². The molecule has 0 unspecified atom stereocenters. The monoisotopic (exact) mass is 446 g/mol. The van der Waals surface area contributed by atoms with Crippen LogP contribution in [0.25, 0.3) is 11.3 Å². The number of aromatic nitrogens is 3. The maximum atomic E-state index is 14.8. The maximum Gasteiger partial charge on any atom is 0.260 e. The molecule has 5 heterocycles. The number of carbonyl (C=O) groups is 1. The van der Waals surface area contributed by atoms with Gasteiger partial charge in [0.2, 0.25) is 5.95 Å². The van der Waals surface area contributed by atoms with Crippen molar-refractivity contribution < 1.29 is 13.9 Å². The molecule has 0 radical (unpaired) electrons. The number of piperazine rings is 1. The fourth-order valence-electron chi connectivity index (χ4n) is 5.14. The Balaban J connectivity index is 1.39. The molecule has 1 amide bonds. The average molecular weight is 446 g/mol. The predicted molar refractivity (Wildman–Crippen MR) is 121 cm³/mol. The van der Waals surface area contributed by atoms with Crippen LogP contribution in [0.15, 0.2) is 36.5 Å². The Labute approximate surface area is 190 Å². The Morgan fingerprint density at radius 1 is 1.24 bits per heavy atom. The molecule has 3 aromatic rings. The molecule has 3 aliphatic heterocycles. The van der Waals surface area contributed by atoms with Gasteiger partial charge >= 0.3 is 0 Å². The zero-order valence-corrected chi connectivity index (χ0v) is 18.4. The fraction of sp³-hybridized carbons (Fsp3) is 0.333. The smallest absolute Gasteiger partial charge is 0.260 e. The van der Waals surface area contributed by atoms with Crippen molar-refractivity contribution in [1.82, 2.24) is 20.3 Å². The van der Waals surface area contributed by atoms with Crippen LogP contribution in [0.4, 0.5) is 16.2 Å². The Kier molecular flexibility index (Phi) is 4.55. The Morgan fingerprint density at radius 2 is 2.12 bits per heavy atom. The normalized spacial score (nSPS) is 21.1. The summed E-state index contributed by atoms with van der Waals surface area (Å²) in [6, 6.07) is 8.97. The van der Waals surface area contributed by atoms with E-state index in [2.05, 4.69) is 20.2 Å². The topological polar surface area (TPSA) is 83.5 Å². The number of carbonyl (C=O) groups excluding carboxylic acids is 1. The van der Waals surface area contributed by atoms with Crippen molar-refractivity contribution in [3.8, 4) is 17.0 Å². The highest BCUT2D eigenvalue weighted by molar-refractivity contribution is 6.10. The first-order chi connectivity index (χ1) is 16.0. The average Bonchev–Trinajstić information content (AvgIpc) is 3.53. The molecule has 1 aromatic carbocycles. The number of nitrogens with one attached hydrogen (secondary N) is 1. The molecule has 33 heavy (non-hydrogen) atoms. The van der Waals surface area contributed by atoms with Gasteiger partial charge in [0.05, 0.1) is 24.9 Å². The van der Waals surface area contributed by atoms with Crippen molar-refractivity contribution in [2.75, 3.05) is 30.0 Å². The number of hydrogen-bond acceptors (Lipinski definition) is 7. The van der Waals surface area contributed by atoms with E-state index in [1.807, 2.05) is 13.0 Å². The van der Waals surface area contributed by atoms with Crippen molar-refractivity contribution in [3.63, 3.8) is 0 Å². The van der Waals surface area contributed by atoms with Crippen molar-refractivity contribution >= 4 is 17.7 Å². The number of benzene rings is 1. The zero-order valence-electron chi connectivity index (χ0n) is 18.4. The van der Waals surface area contributed by atoms with Gasteiger partial charge in [0.1, 0.15) is 17.4 Å². The van der Waals surface area contributed by atoms with Crippen molar-refractivity contribution in [3.05, 3.63) is 59.2 Å². The summed E-state index contributed by atoms with van der Waals surface area (Å²) in [5.74, 6) is 0.939. The van der Waals surface area contributed by atoms with Gasteiger partial charge in [-0.3, -0.25) is 14.7 Å². The molecule has 6 rings (SSSR count). The molecule has 2 saturated heterocycles. The van der Waals surface area contributed by atoms with E-state index in [-0.39, 0.29) is 18.0 Å². The molecular weight excluding hydrogens is 423 g/mol. The summed E-state index contributed by atoms with van der Waals surface area (Å²) in [7, 11) is 1.49. The van der Waals surface area contributed by atoms with E-state index >= 15 is 0 Å². The lowest BCUT2D eigenvalue weighted by molar-refractivity contribution is 0.0996. The number of ether oxygens (including phenoxy) is 1. The molecule has 3 aliphatic rings. The van der Waals surface area contributed by atoms with Crippen LogP contribution in [0.3, 0.4) is 0 Å². The number of aryl methyl sites for hydroxylation is 1. The van der Waals surface area contributed by atoms with Crippen molar-refractivity contribution in [1.29, 1.82) is 0 Å². The van der Waals surface area contributed by atoms with Crippen LogP contribution in [-0.4, -0.2) is 53.1 Å². The third-order valence-corrected chi connectivity index (χ3v) is 6.70. The van der Waals surface area contributed by atoms with E-state index in [0.29, 0.717) is 46.4 Å². The first-order valence-electron chi connectivity index (χ1n) is 11.0. The number of amides is 1. The zero-order chi connectivity index (χ0) is 22.7. The lowest BCUT2D eigenvalue weighted by Gasteiger charge is -2.28. The predicted octanol–water partition coefficient (Wildman–Crippen LogP) is 2.71. The van der Waals surface area contributed by atoms with E-state index in [1.54, 1.807) is 23.1 Å². The molecule has 0 aliphatic carbocycles. The largest absolute Gasteiger partial charge is 0.496 e. The van der Waals surface area contributed by atoms with Crippen LogP contribution in [0.2, 0.25) is 0 Å². The van der Waals surface area contributed by atoms with Crippen LogP contribution in [-0.2, 0) is 6.54 Å². The highest BCUT2D eigenvalue weighted by atomic mass is 19.1. The van der Waals surface area contributed by atoms with E-state index < -0.39 is 5.82 Å². The first kappa shape index (κ1) is 20.0. The second-order valence-corrected chi connectivity index (χ2v) is 8.71.